The Morgan fingerprint density at radius 1 is 1.25 bits per heavy atom. The van der Waals surface area contributed by atoms with Crippen molar-refractivity contribution in [3.8, 4) is 0 Å². The summed E-state index contributed by atoms with van der Waals surface area (Å²) in [6, 6.07) is 0.00275. The zero-order valence-electron chi connectivity index (χ0n) is 8.38. The Balaban J connectivity index is 2.51. The van der Waals surface area contributed by atoms with Crippen LogP contribution < -0.4 is 5.73 Å². The fourth-order valence-corrected chi connectivity index (χ4v) is 1.98. The quantitative estimate of drug-likeness (QED) is 0.580. The Morgan fingerprint density at radius 3 is 2.25 bits per heavy atom. The highest BCUT2D eigenvalue weighted by molar-refractivity contribution is 4.87. The molecule has 72 valence electrons. The van der Waals surface area contributed by atoms with Crippen molar-refractivity contribution < 1.29 is 5.11 Å². The summed E-state index contributed by atoms with van der Waals surface area (Å²) in [7, 11) is 0. The Labute approximate surface area is 75.2 Å². The maximum Gasteiger partial charge on any atom is 0.0691 e. The first-order valence-corrected chi connectivity index (χ1v) is 4.85. The molecular formula is C10H21NO. The topological polar surface area (TPSA) is 46.2 Å². The van der Waals surface area contributed by atoms with Gasteiger partial charge in [-0.15, -0.1) is 0 Å². The summed E-state index contributed by atoms with van der Waals surface area (Å²) < 4.78 is 0. The minimum absolute atomic E-state index is 0.00275. The van der Waals surface area contributed by atoms with Crippen LogP contribution in [0.2, 0.25) is 0 Å². The predicted octanol–water partition coefficient (Wildman–Crippen LogP) is 1.52. The Hall–Kier alpha value is -0.0800. The van der Waals surface area contributed by atoms with E-state index in [2.05, 4.69) is 20.8 Å². The van der Waals surface area contributed by atoms with Crippen molar-refractivity contribution in [2.45, 2.75) is 52.2 Å². The van der Waals surface area contributed by atoms with Gasteiger partial charge in [0.2, 0.25) is 0 Å². The van der Waals surface area contributed by atoms with E-state index in [0.717, 1.165) is 19.3 Å². The van der Waals surface area contributed by atoms with Crippen molar-refractivity contribution in [1.29, 1.82) is 0 Å². The van der Waals surface area contributed by atoms with Gasteiger partial charge in [-0.2, -0.15) is 0 Å². The molecule has 0 heterocycles. The van der Waals surface area contributed by atoms with Crippen LogP contribution in [-0.2, 0) is 0 Å². The van der Waals surface area contributed by atoms with E-state index in [0.29, 0.717) is 11.3 Å². The second-order valence-electron chi connectivity index (χ2n) is 5.11. The molecule has 0 aromatic heterocycles. The molecule has 2 heteroatoms. The lowest BCUT2D eigenvalue weighted by molar-refractivity contribution is 0.0538. The number of rotatable bonds is 0. The zero-order valence-corrected chi connectivity index (χ0v) is 8.38. The molecule has 1 aliphatic carbocycles. The molecule has 0 bridgehead atoms. The van der Waals surface area contributed by atoms with E-state index in [4.69, 9.17) is 5.73 Å². The standard InChI is InChI=1S/C10H21NO/c1-10(2,3)7-4-5-9(12)8(11)6-7/h7-9,12H,4-6,11H2,1-3H3/t7-,8+,9-/m0/s1. The molecule has 3 N–H and O–H groups in total. The van der Waals surface area contributed by atoms with Gasteiger partial charge in [0, 0.05) is 6.04 Å². The van der Waals surface area contributed by atoms with Crippen LogP contribution in [0.4, 0.5) is 0 Å². The predicted molar refractivity (Wildman–Crippen MR) is 50.8 cm³/mol. The van der Waals surface area contributed by atoms with Crippen LogP contribution in [0.1, 0.15) is 40.0 Å². The first-order chi connectivity index (χ1) is 5.41. The molecule has 0 aliphatic heterocycles. The summed E-state index contributed by atoms with van der Waals surface area (Å²) in [6.45, 7) is 6.76. The number of aliphatic hydroxyl groups is 1. The van der Waals surface area contributed by atoms with Crippen molar-refractivity contribution in [3.63, 3.8) is 0 Å². The summed E-state index contributed by atoms with van der Waals surface area (Å²) >= 11 is 0. The van der Waals surface area contributed by atoms with E-state index in [1.54, 1.807) is 0 Å². The van der Waals surface area contributed by atoms with E-state index in [9.17, 15) is 5.11 Å². The molecular weight excluding hydrogens is 150 g/mol. The number of hydrogen-bond acceptors (Lipinski definition) is 2. The lowest BCUT2D eigenvalue weighted by Crippen LogP contribution is -2.43. The van der Waals surface area contributed by atoms with Crippen LogP contribution in [-0.4, -0.2) is 17.3 Å². The fraction of sp³-hybridized carbons (Fsp3) is 1.00. The third-order valence-electron chi connectivity index (χ3n) is 3.09. The molecule has 0 aromatic carbocycles. The molecule has 12 heavy (non-hydrogen) atoms. The largest absolute Gasteiger partial charge is 0.392 e. The van der Waals surface area contributed by atoms with Crippen molar-refractivity contribution in [3.05, 3.63) is 0 Å². The van der Waals surface area contributed by atoms with Crippen LogP contribution >= 0.6 is 0 Å². The van der Waals surface area contributed by atoms with Crippen LogP contribution in [0.25, 0.3) is 0 Å². The summed E-state index contributed by atoms with van der Waals surface area (Å²) in [6.07, 6.45) is 2.72. The second kappa shape index (κ2) is 3.35. The summed E-state index contributed by atoms with van der Waals surface area (Å²) in [5.74, 6) is 0.677. The smallest absolute Gasteiger partial charge is 0.0691 e. The van der Waals surface area contributed by atoms with E-state index >= 15 is 0 Å². The van der Waals surface area contributed by atoms with E-state index in [1.807, 2.05) is 0 Å². The zero-order chi connectivity index (χ0) is 9.35. The van der Waals surface area contributed by atoms with Crippen LogP contribution in [0.3, 0.4) is 0 Å². The third-order valence-corrected chi connectivity index (χ3v) is 3.09. The average Bonchev–Trinajstić information content (AvgIpc) is 1.92. The highest BCUT2D eigenvalue weighted by Crippen LogP contribution is 2.37. The molecule has 0 saturated heterocycles. The fourth-order valence-electron chi connectivity index (χ4n) is 1.98. The van der Waals surface area contributed by atoms with Gasteiger partial charge in [0.1, 0.15) is 0 Å². The molecule has 3 atom stereocenters. The lowest BCUT2D eigenvalue weighted by atomic mass is 9.70. The number of nitrogens with two attached hydrogens (primary N) is 1. The maximum atomic E-state index is 9.44. The molecule has 0 aromatic rings. The number of aliphatic hydroxyl groups excluding tert-OH is 1. The molecule has 0 amide bonds. The highest BCUT2D eigenvalue weighted by atomic mass is 16.3. The molecule has 0 unspecified atom stereocenters. The first-order valence-electron chi connectivity index (χ1n) is 4.85. The first kappa shape index (κ1) is 10.0. The van der Waals surface area contributed by atoms with Gasteiger partial charge in [-0.05, 0) is 30.6 Å². The average molecular weight is 171 g/mol. The van der Waals surface area contributed by atoms with Crippen LogP contribution in [0.5, 0.6) is 0 Å². The normalized spacial score (nSPS) is 38.2. The van der Waals surface area contributed by atoms with E-state index in [-0.39, 0.29) is 12.1 Å². The van der Waals surface area contributed by atoms with Crippen molar-refractivity contribution >= 4 is 0 Å². The Kier molecular flexibility index (Phi) is 2.79. The molecule has 0 spiro atoms. The second-order valence-corrected chi connectivity index (χ2v) is 5.11. The summed E-state index contributed by atoms with van der Waals surface area (Å²) in [4.78, 5) is 0. The van der Waals surface area contributed by atoms with Gasteiger partial charge in [-0.1, -0.05) is 20.8 Å². The lowest BCUT2D eigenvalue weighted by Gasteiger charge is -2.38. The van der Waals surface area contributed by atoms with Crippen LogP contribution in [0.15, 0.2) is 0 Å². The van der Waals surface area contributed by atoms with Crippen molar-refractivity contribution in [2.75, 3.05) is 0 Å². The van der Waals surface area contributed by atoms with Crippen molar-refractivity contribution in [1.82, 2.24) is 0 Å². The minimum atomic E-state index is -0.261. The minimum Gasteiger partial charge on any atom is -0.392 e. The van der Waals surface area contributed by atoms with Gasteiger partial charge in [0.15, 0.2) is 0 Å². The van der Waals surface area contributed by atoms with E-state index in [1.165, 1.54) is 0 Å². The van der Waals surface area contributed by atoms with Gasteiger partial charge in [0.05, 0.1) is 6.10 Å². The Bertz CT molecular complexity index is 150. The third kappa shape index (κ3) is 2.20. The highest BCUT2D eigenvalue weighted by Gasteiger charge is 2.33. The van der Waals surface area contributed by atoms with Gasteiger partial charge >= 0.3 is 0 Å². The summed E-state index contributed by atoms with van der Waals surface area (Å²) in [5, 5.41) is 9.44. The van der Waals surface area contributed by atoms with Crippen molar-refractivity contribution in [2.24, 2.45) is 17.1 Å². The van der Waals surface area contributed by atoms with Gasteiger partial charge in [-0.3, -0.25) is 0 Å². The van der Waals surface area contributed by atoms with Gasteiger partial charge < -0.3 is 10.8 Å². The van der Waals surface area contributed by atoms with Gasteiger partial charge in [-0.25, -0.2) is 0 Å². The molecule has 0 radical (unpaired) electrons. The Morgan fingerprint density at radius 2 is 1.83 bits per heavy atom. The molecule has 1 rings (SSSR count). The van der Waals surface area contributed by atoms with E-state index < -0.39 is 0 Å². The molecule has 1 saturated carbocycles. The van der Waals surface area contributed by atoms with Gasteiger partial charge in [0.25, 0.3) is 0 Å². The monoisotopic (exact) mass is 171 g/mol. The maximum absolute atomic E-state index is 9.44. The SMILES string of the molecule is CC(C)(C)[C@H]1CC[C@H](O)[C@H](N)C1. The van der Waals surface area contributed by atoms with Crippen LogP contribution in [0, 0.1) is 11.3 Å². The molecule has 2 nitrogen and oxygen atoms in total. The summed E-state index contributed by atoms with van der Waals surface area (Å²) in [5.41, 5.74) is 6.16. The molecule has 1 aliphatic rings. The molecule has 1 fully saturated rings. The number of hydrogen-bond donors (Lipinski definition) is 2.